The molecule has 1 saturated heterocycles. The normalized spacial score (nSPS) is 14.2. The number of aryl methyl sites for hydroxylation is 1. The molecule has 1 amide bonds. The van der Waals surface area contributed by atoms with Gasteiger partial charge in [0.05, 0.1) is 25.6 Å². The molecule has 1 atom stereocenters. The topological polar surface area (TPSA) is 126 Å². The van der Waals surface area contributed by atoms with Crippen molar-refractivity contribution in [3.63, 3.8) is 0 Å². The fourth-order valence-corrected chi connectivity index (χ4v) is 5.19. The monoisotopic (exact) mass is 682 g/mol. The number of ether oxygens (including phenoxy) is 1. The molecule has 2 aromatic rings. The molecule has 3 rings (SSSR count). The standard InChI is InChI=1S/C28H39ClN2O4.C8H10N2.C2H6.CH4/c1-6-35-28(34)18-31-13-11-23(12-14-31)16-25-10-9-24(22(5)30-27(33)15-21(4)32)17-26(25)19(2)7-8-20(3)29;1-6-2-4-7(5-3-6)8(9)10;1-2;/h7-10,17,22-23H,6,11-16,18H2,1-5H3,(H,30,33);2-5H,1H3,(H3,9,10);1-2H3;1H4/b19-7+,20-8+;;;. The molecule has 0 spiro atoms. The van der Waals surface area contributed by atoms with Crippen molar-refractivity contribution in [2.45, 2.75) is 94.5 Å². The minimum atomic E-state index is -0.266. The second-order valence-corrected chi connectivity index (χ2v) is 12.3. The summed E-state index contributed by atoms with van der Waals surface area (Å²) in [7, 11) is 0. The van der Waals surface area contributed by atoms with E-state index in [0.29, 0.717) is 24.1 Å². The van der Waals surface area contributed by atoms with E-state index in [1.54, 1.807) is 0 Å². The summed E-state index contributed by atoms with van der Waals surface area (Å²) in [5.74, 6) is 0.0831. The molecule has 8 nitrogen and oxygen atoms in total. The first-order valence-corrected chi connectivity index (χ1v) is 16.9. The Bertz CT molecular complexity index is 1370. The predicted molar refractivity (Wildman–Crippen MR) is 201 cm³/mol. The van der Waals surface area contributed by atoms with Crippen molar-refractivity contribution in [1.29, 1.82) is 5.41 Å². The molecular formula is C39H59ClN4O4. The quantitative estimate of drug-likeness (QED) is 0.0682. The van der Waals surface area contributed by atoms with Crippen LogP contribution in [0.4, 0.5) is 0 Å². The number of hydrogen-bond acceptors (Lipinski definition) is 6. The van der Waals surface area contributed by atoms with Gasteiger partial charge in [0, 0.05) is 10.6 Å². The number of ketones is 1. The molecule has 1 unspecified atom stereocenters. The van der Waals surface area contributed by atoms with Crippen LogP contribution in [-0.4, -0.2) is 54.6 Å². The highest BCUT2D eigenvalue weighted by molar-refractivity contribution is 6.29. The van der Waals surface area contributed by atoms with E-state index in [4.69, 9.17) is 27.5 Å². The number of likely N-dealkylation sites (tertiary alicyclic amines) is 1. The van der Waals surface area contributed by atoms with E-state index < -0.39 is 0 Å². The number of halogens is 1. The molecule has 0 bridgehead atoms. The number of rotatable bonds is 12. The third kappa shape index (κ3) is 16.9. The number of Topliss-reactive ketones (excluding diaryl/α,β-unsaturated/α-hetero) is 1. The zero-order valence-corrected chi connectivity index (χ0v) is 30.3. The molecule has 2 aromatic carbocycles. The summed E-state index contributed by atoms with van der Waals surface area (Å²) in [5.41, 5.74) is 11.7. The zero-order valence-electron chi connectivity index (χ0n) is 29.5. The average Bonchev–Trinajstić information content (AvgIpc) is 3.02. The molecule has 1 heterocycles. The molecule has 1 aliphatic rings. The maximum absolute atomic E-state index is 12.1. The third-order valence-electron chi connectivity index (χ3n) is 7.65. The Hall–Kier alpha value is -3.75. The minimum Gasteiger partial charge on any atom is -0.465 e. The Morgan fingerprint density at radius 3 is 2.19 bits per heavy atom. The number of carbonyl (C=O) groups excluding carboxylic acids is 3. The van der Waals surface area contributed by atoms with Crippen molar-refractivity contribution in [1.82, 2.24) is 10.2 Å². The van der Waals surface area contributed by atoms with Crippen molar-refractivity contribution in [2.24, 2.45) is 11.7 Å². The van der Waals surface area contributed by atoms with Crippen molar-refractivity contribution in [3.8, 4) is 0 Å². The number of nitrogens with zero attached hydrogens (tertiary/aromatic N) is 1. The largest absolute Gasteiger partial charge is 0.465 e. The second kappa shape index (κ2) is 23.6. The molecular weight excluding hydrogens is 624 g/mol. The maximum atomic E-state index is 12.1. The molecule has 4 N–H and O–H groups in total. The number of esters is 1. The first kappa shape index (κ1) is 44.2. The van der Waals surface area contributed by atoms with Gasteiger partial charge < -0.3 is 15.8 Å². The van der Waals surface area contributed by atoms with Gasteiger partial charge in [-0.15, -0.1) is 0 Å². The number of piperidine rings is 1. The number of nitrogen functional groups attached to an aromatic ring is 1. The van der Waals surface area contributed by atoms with Crippen molar-refractivity contribution >= 4 is 40.7 Å². The number of allylic oxidation sites excluding steroid dienone is 4. The second-order valence-electron chi connectivity index (χ2n) is 11.7. The number of nitrogens with one attached hydrogen (secondary N) is 2. The molecule has 266 valence electrons. The van der Waals surface area contributed by atoms with Gasteiger partial charge in [-0.25, -0.2) is 0 Å². The summed E-state index contributed by atoms with van der Waals surface area (Å²) in [4.78, 5) is 37.3. The lowest BCUT2D eigenvalue weighted by atomic mass is 9.85. The number of amides is 1. The van der Waals surface area contributed by atoms with Crippen LogP contribution in [-0.2, 0) is 25.5 Å². The molecule has 0 radical (unpaired) electrons. The van der Waals surface area contributed by atoms with Gasteiger partial charge in [0.1, 0.15) is 11.6 Å². The van der Waals surface area contributed by atoms with E-state index in [1.807, 2.05) is 78.0 Å². The average molecular weight is 683 g/mol. The number of benzene rings is 2. The summed E-state index contributed by atoms with van der Waals surface area (Å²) in [6.07, 6.45) is 6.81. The SMILES string of the molecule is C.CC.CCOC(=O)CN1CCC(Cc2ccc(C(C)NC(=O)CC(C)=O)cc2/C(C)=C/C=C(\C)Cl)CC1.Cc1ccc(C(=N)N)cc1. The van der Waals surface area contributed by atoms with Gasteiger partial charge in [-0.05, 0) is 114 Å². The van der Waals surface area contributed by atoms with Gasteiger partial charge in [-0.3, -0.25) is 24.7 Å². The lowest BCUT2D eigenvalue weighted by Crippen LogP contribution is -2.38. The first-order valence-electron chi connectivity index (χ1n) is 16.5. The van der Waals surface area contributed by atoms with Crippen LogP contribution in [0.1, 0.15) is 109 Å². The van der Waals surface area contributed by atoms with Crippen LogP contribution in [0.2, 0.25) is 0 Å². The fraction of sp³-hybridized carbons (Fsp3) is 0.487. The van der Waals surface area contributed by atoms with Crippen molar-refractivity contribution in [2.75, 3.05) is 26.2 Å². The predicted octanol–water partition coefficient (Wildman–Crippen LogP) is 8.15. The summed E-state index contributed by atoms with van der Waals surface area (Å²) >= 11 is 6.06. The molecule has 1 aliphatic heterocycles. The van der Waals surface area contributed by atoms with Gasteiger partial charge >= 0.3 is 5.97 Å². The smallest absolute Gasteiger partial charge is 0.320 e. The molecule has 1 fully saturated rings. The van der Waals surface area contributed by atoms with Gasteiger partial charge in [0.2, 0.25) is 5.91 Å². The van der Waals surface area contributed by atoms with Crippen LogP contribution in [0.5, 0.6) is 0 Å². The summed E-state index contributed by atoms with van der Waals surface area (Å²) < 4.78 is 5.08. The van der Waals surface area contributed by atoms with Crippen LogP contribution in [0.15, 0.2) is 59.6 Å². The van der Waals surface area contributed by atoms with Crippen LogP contribution in [0.25, 0.3) is 5.57 Å². The van der Waals surface area contributed by atoms with Crippen molar-refractivity contribution in [3.05, 3.63) is 87.5 Å². The van der Waals surface area contributed by atoms with Crippen LogP contribution < -0.4 is 11.1 Å². The Morgan fingerprint density at radius 1 is 1.06 bits per heavy atom. The number of nitrogens with two attached hydrogens (primary N) is 1. The maximum Gasteiger partial charge on any atom is 0.320 e. The molecule has 0 aromatic heterocycles. The number of amidine groups is 1. The molecule has 0 saturated carbocycles. The summed E-state index contributed by atoms with van der Waals surface area (Å²) in [6.45, 7) is 17.6. The highest BCUT2D eigenvalue weighted by Gasteiger charge is 2.23. The Morgan fingerprint density at radius 2 is 1.67 bits per heavy atom. The van der Waals surface area contributed by atoms with Crippen LogP contribution in [0.3, 0.4) is 0 Å². The Kier molecular flexibility index (Phi) is 21.7. The summed E-state index contributed by atoms with van der Waals surface area (Å²) in [5, 5.41) is 10.7. The number of hydrogen-bond donors (Lipinski definition) is 3. The number of carbonyl (C=O) groups is 3. The fourth-order valence-electron chi connectivity index (χ4n) is 5.12. The highest BCUT2D eigenvalue weighted by Crippen LogP contribution is 2.29. The van der Waals surface area contributed by atoms with Crippen LogP contribution in [0, 0.1) is 18.3 Å². The lowest BCUT2D eigenvalue weighted by molar-refractivity contribution is -0.144. The van der Waals surface area contributed by atoms with E-state index in [1.165, 1.54) is 18.1 Å². The van der Waals surface area contributed by atoms with E-state index in [9.17, 15) is 14.4 Å². The molecule has 48 heavy (non-hydrogen) atoms. The van der Waals surface area contributed by atoms with Crippen molar-refractivity contribution < 1.29 is 19.1 Å². The third-order valence-corrected chi connectivity index (χ3v) is 7.77. The zero-order chi connectivity index (χ0) is 35.5. The van der Waals surface area contributed by atoms with Gasteiger partial charge in [0.15, 0.2) is 0 Å². The summed E-state index contributed by atoms with van der Waals surface area (Å²) in [6, 6.07) is 13.7. The van der Waals surface area contributed by atoms with Gasteiger partial charge in [-0.2, -0.15) is 0 Å². The Labute approximate surface area is 294 Å². The van der Waals surface area contributed by atoms with E-state index in [2.05, 4.69) is 35.3 Å². The molecule has 9 heteroatoms. The van der Waals surface area contributed by atoms with E-state index >= 15 is 0 Å². The highest BCUT2D eigenvalue weighted by atomic mass is 35.5. The first-order chi connectivity index (χ1) is 22.3. The molecule has 0 aliphatic carbocycles. The van der Waals surface area contributed by atoms with Crippen LogP contribution >= 0.6 is 11.6 Å². The van der Waals surface area contributed by atoms with Gasteiger partial charge in [0.25, 0.3) is 0 Å². The van der Waals surface area contributed by atoms with E-state index in [-0.39, 0.29) is 43.4 Å². The Balaban J connectivity index is 0.00000144. The minimum absolute atomic E-state index is 0. The van der Waals surface area contributed by atoms with Gasteiger partial charge in [-0.1, -0.05) is 80.9 Å². The van der Waals surface area contributed by atoms with E-state index in [0.717, 1.165) is 54.6 Å². The lowest BCUT2D eigenvalue weighted by Gasteiger charge is -2.31.